The quantitative estimate of drug-likeness (QED) is 0.577. The van der Waals surface area contributed by atoms with Crippen LogP contribution in [0.25, 0.3) is 18.2 Å². The van der Waals surface area contributed by atoms with Crippen LogP contribution < -0.4 is 0 Å². The number of hydrogen-bond donors (Lipinski definition) is 0. The Morgan fingerprint density at radius 2 is 1.36 bits per heavy atom. The summed E-state index contributed by atoms with van der Waals surface area (Å²) < 4.78 is 0. The van der Waals surface area contributed by atoms with Crippen LogP contribution in [0.4, 0.5) is 0 Å². The monoisotopic (exact) mass is 373 g/mol. The van der Waals surface area contributed by atoms with Crippen LogP contribution in [0.1, 0.15) is 42.0 Å². The van der Waals surface area contributed by atoms with Crippen molar-refractivity contribution in [3.8, 4) is 0 Å². The van der Waals surface area contributed by atoms with Crippen molar-refractivity contribution < 1.29 is 4.79 Å². The number of amides is 1. The summed E-state index contributed by atoms with van der Waals surface area (Å²) in [5, 5.41) is 0. The molecule has 146 valence electrons. The Morgan fingerprint density at radius 3 is 1.68 bits per heavy atom. The summed E-state index contributed by atoms with van der Waals surface area (Å²) in [5.41, 5.74) is 4.90. The molecule has 3 rings (SSSR count). The van der Waals surface area contributed by atoms with Gasteiger partial charge in [-0.3, -0.25) is 4.79 Å². The van der Waals surface area contributed by atoms with E-state index in [-0.39, 0.29) is 5.91 Å². The summed E-state index contributed by atoms with van der Waals surface area (Å²) in [6, 6.07) is 16.3. The molecule has 1 saturated heterocycles. The number of rotatable bonds is 5. The molecular formula is C26H31NO. The van der Waals surface area contributed by atoms with E-state index in [9.17, 15) is 4.79 Å². The molecule has 0 radical (unpaired) electrons. The van der Waals surface area contributed by atoms with Crippen LogP contribution in [0.2, 0.25) is 0 Å². The molecular weight excluding hydrogens is 342 g/mol. The third kappa shape index (κ3) is 7.24. The topological polar surface area (TPSA) is 20.3 Å². The van der Waals surface area contributed by atoms with Crippen molar-refractivity contribution in [2.45, 2.75) is 26.2 Å². The standard InChI is InChI=1S/C10H12.C10H10.C6H9NO/c2*1-3-9-7-5-6-8-10(9)4-2;1-2-7-5-3-4-6(7)8/h3,5-8H,1,4H2,2H3;3-8H,1-2H2;2H,1,3-5H2. The van der Waals surface area contributed by atoms with Gasteiger partial charge in [0.1, 0.15) is 0 Å². The van der Waals surface area contributed by atoms with Crippen LogP contribution in [0.5, 0.6) is 0 Å². The molecule has 0 saturated carbocycles. The van der Waals surface area contributed by atoms with Gasteiger partial charge in [-0.1, -0.05) is 100.0 Å². The summed E-state index contributed by atoms with van der Waals surface area (Å²) in [5.74, 6) is 0.208. The molecule has 1 fully saturated rings. The van der Waals surface area contributed by atoms with Gasteiger partial charge >= 0.3 is 0 Å². The van der Waals surface area contributed by atoms with E-state index >= 15 is 0 Å². The van der Waals surface area contributed by atoms with Gasteiger partial charge in [0.05, 0.1) is 0 Å². The second-order valence-corrected chi connectivity index (χ2v) is 6.17. The third-order valence-corrected chi connectivity index (χ3v) is 4.42. The molecule has 0 aromatic heterocycles. The Morgan fingerprint density at radius 1 is 0.857 bits per heavy atom. The zero-order chi connectivity index (χ0) is 20.8. The summed E-state index contributed by atoms with van der Waals surface area (Å²) in [4.78, 5) is 12.3. The van der Waals surface area contributed by atoms with Crippen molar-refractivity contribution >= 4 is 24.1 Å². The fourth-order valence-electron chi connectivity index (χ4n) is 2.80. The van der Waals surface area contributed by atoms with Crippen LogP contribution in [0.3, 0.4) is 0 Å². The maximum Gasteiger partial charge on any atom is 0.226 e. The minimum absolute atomic E-state index is 0.208. The molecule has 1 heterocycles. The predicted molar refractivity (Wildman–Crippen MR) is 124 cm³/mol. The van der Waals surface area contributed by atoms with Crippen LogP contribution in [0.15, 0.2) is 81.0 Å². The molecule has 1 aliphatic heterocycles. The van der Waals surface area contributed by atoms with Crippen LogP contribution in [0, 0.1) is 0 Å². The number of nitrogens with zero attached hydrogens (tertiary/aromatic N) is 1. The molecule has 0 aliphatic carbocycles. The summed E-state index contributed by atoms with van der Waals surface area (Å²) in [7, 11) is 0. The first kappa shape index (κ1) is 22.9. The van der Waals surface area contributed by atoms with Crippen molar-refractivity contribution in [2.24, 2.45) is 0 Å². The largest absolute Gasteiger partial charge is 0.320 e. The summed E-state index contributed by atoms with van der Waals surface area (Å²) in [6.45, 7) is 17.6. The van der Waals surface area contributed by atoms with Gasteiger partial charge in [-0.25, -0.2) is 0 Å². The molecule has 2 aromatic carbocycles. The zero-order valence-corrected chi connectivity index (χ0v) is 16.9. The number of hydrogen-bond acceptors (Lipinski definition) is 1. The van der Waals surface area contributed by atoms with Crippen molar-refractivity contribution in [3.05, 3.63) is 103 Å². The van der Waals surface area contributed by atoms with Gasteiger partial charge in [-0.2, -0.15) is 0 Å². The lowest BCUT2D eigenvalue weighted by Crippen LogP contribution is -2.16. The fraction of sp³-hybridized carbons (Fsp3) is 0.192. The molecule has 2 nitrogen and oxygen atoms in total. The first-order chi connectivity index (χ1) is 13.6. The van der Waals surface area contributed by atoms with Gasteiger partial charge in [0.25, 0.3) is 0 Å². The van der Waals surface area contributed by atoms with Gasteiger partial charge in [-0.15, -0.1) is 0 Å². The zero-order valence-electron chi connectivity index (χ0n) is 16.9. The maximum atomic E-state index is 10.7. The molecule has 0 bridgehead atoms. The second kappa shape index (κ2) is 13.1. The highest BCUT2D eigenvalue weighted by Gasteiger charge is 2.16. The normalized spacial score (nSPS) is 12.0. The Balaban J connectivity index is 0.000000212. The van der Waals surface area contributed by atoms with Gasteiger partial charge in [0.2, 0.25) is 5.91 Å². The summed E-state index contributed by atoms with van der Waals surface area (Å²) in [6.07, 6.45) is 9.93. The number of likely N-dealkylation sites (tertiary alicyclic amines) is 1. The summed E-state index contributed by atoms with van der Waals surface area (Å²) >= 11 is 0. The number of benzene rings is 2. The van der Waals surface area contributed by atoms with Crippen LogP contribution >= 0.6 is 0 Å². The van der Waals surface area contributed by atoms with Gasteiger partial charge in [-0.05, 0) is 41.3 Å². The first-order valence-corrected chi connectivity index (χ1v) is 9.57. The van der Waals surface area contributed by atoms with Gasteiger partial charge in [0.15, 0.2) is 0 Å². The number of aryl methyl sites for hydroxylation is 1. The smallest absolute Gasteiger partial charge is 0.226 e. The Bertz CT molecular complexity index is 777. The minimum atomic E-state index is 0.208. The maximum absolute atomic E-state index is 10.7. The molecule has 2 aromatic rings. The molecule has 2 heteroatoms. The Kier molecular flexibility index (Phi) is 10.7. The Hall–Kier alpha value is -3.13. The molecule has 0 unspecified atom stereocenters. The van der Waals surface area contributed by atoms with E-state index in [1.807, 2.05) is 48.6 Å². The van der Waals surface area contributed by atoms with E-state index in [0.717, 1.165) is 30.5 Å². The second-order valence-electron chi connectivity index (χ2n) is 6.17. The van der Waals surface area contributed by atoms with Crippen molar-refractivity contribution in [2.75, 3.05) is 6.54 Å². The van der Waals surface area contributed by atoms with Crippen LogP contribution in [-0.4, -0.2) is 17.4 Å². The number of carbonyl (C=O) groups is 1. The lowest BCUT2D eigenvalue weighted by molar-refractivity contribution is -0.125. The molecule has 1 amide bonds. The Labute approximate surface area is 170 Å². The highest BCUT2D eigenvalue weighted by molar-refractivity contribution is 5.78. The highest BCUT2D eigenvalue weighted by Crippen LogP contribution is 2.11. The van der Waals surface area contributed by atoms with Crippen molar-refractivity contribution in [3.63, 3.8) is 0 Å². The van der Waals surface area contributed by atoms with E-state index in [0.29, 0.717) is 6.42 Å². The predicted octanol–water partition coefficient (Wildman–Crippen LogP) is 6.62. The van der Waals surface area contributed by atoms with E-state index in [4.69, 9.17) is 0 Å². The average molecular weight is 374 g/mol. The van der Waals surface area contributed by atoms with E-state index in [1.165, 1.54) is 11.1 Å². The van der Waals surface area contributed by atoms with Gasteiger partial charge < -0.3 is 4.90 Å². The SMILES string of the molecule is C=CN1CCCC1=O.C=Cc1ccccc1C=C.C=Cc1ccccc1CC. The third-order valence-electron chi connectivity index (χ3n) is 4.42. The molecule has 0 spiro atoms. The molecule has 0 N–H and O–H groups in total. The average Bonchev–Trinajstić information content (AvgIpc) is 3.19. The lowest BCUT2D eigenvalue weighted by Gasteiger charge is -2.05. The lowest BCUT2D eigenvalue weighted by atomic mass is 10.1. The first-order valence-electron chi connectivity index (χ1n) is 9.57. The van der Waals surface area contributed by atoms with Gasteiger partial charge in [0, 0.05) is 13.0 Å². The van der Waals surface area contributed by atoms with Crippen LogP contribution in [-0.2, 0) is 11.2 Å². The fourth-order valence-corrected chi connectivity index (χ4v) is 2.80. The molecule has 1 aliphatic rings. The van der Waals surface area contributed by atoms with Crippen molar-refractivity contribution in [1.82, 2.24) is 4.90 Å². The van der Waals surface area contributed by atoms with E-state index in [1.54, 1.807) is 11.1 Å². The highest BCUT2D eigenvalue weighted by atomic mass is 16.2. The van der Waals surface area contributed by atoms with E-state index in [2.05, 4.69) is 51.4 Å². The molecule has 0 atom stereocenters. The van der Waals surface area contributed by atoms with E-state index < -0.39 is 0 Å². The minimum Gasteiger partial charge on any atom is -0.320 e. The molecule has 28 heavy (non-hydrogen) atoms. The number of carbonyl (C=O) groups excluding carboxylic acids is 1. The van der Waals surface area contributed by atoms with Crippen molar-refractivity contribution in [1.29, 1.82) is 0 Å².